The minimum atomic E-state index is -4.60. The van der Waals surface area contributed by atoms with Crippen molar-refractivity contribution in [2.24, 2.45) is 5.73 Å². The van der Waals surface area contributed by atoms with E-state index in [1.165, 1.54) is 135 Å². The van der Waals surface area contributed by atoms with Gasteiger partial charge in [-0.05, 0) is 12.8 Å². The van der Waals surface area contributed by atoms with E-state index in [-0.39, 0.29) is 25.2 Å². The molecule has 0 saturated heterocycles. The Morgan fingerprint density at radius 3 is 1.22 bits per heavy atom. The summed E-state index contributed by atoms with van der Waals surface area (Å²) < 4.78 is 24.4. The molecule has 0 aromatic rings. The summed E-state index contributed by atoms with van der Waals surface area (Å²) in [6.45, 7) is 3.43. The number of phosphoric acid groups is 1. The smallest absolute Gasteiger partial charge is 0.469 e. The lowest BCUT2D eigenvalue weighted by Crippen LogP contribution is -2.34. The van der Waals surface area contributed by atoms with Crippen molar-refractivity contribution in [3.05, 3.63) is 0 Å². The first-order valence-corrected chi connectivity index (χ1v) is 21.6. The Kier molecular flexibility index (Phi) is 38.6. The van der Waals surface area contributed by atoms with Crippen LogP contribution in [0.25, 0.3) is 0 Å². The summed E-state index contributed by atoms with van der Waals surface area (Å²) in [5.41, 5.74) is 4.86. The second kappa shape index (κ2) is 38.2. The quantitative estimate of drug-likeness (QED) is 0.0231. The minimum absolute atomic E-state index is 0.0574. The minimum Gasteiger partial charge on any atom is -0.480 e. The highest BCUT2D eigenvalue weighted by Gasteiger charge is 2.19. The van der Waals surface area contributed by atoms with Crippen molar-refractivity contribution >= 4 is 25.7 Å². The lowest BCUT2D eigenvalue weighted by molar-refractivity contribution is -0.161. The van der Waals surface area contributed by atoms with Crippen LogP contribution in [0, 0.1) is 0 Å². The molecule has 0 aliphatic rings. The van der Waals surface area contributed by atoms with Crippen LogP contribution in [0.5, 0.6) is 0 Å². The van der Waals surface area contributed by atoms with Crippen molar-refractivity contribution in [3.63, 3.8) is 0 Å². The molecule has 0 radical (unpaired) electrons. The van der Waals surface area contributed by atoms with Crippen LogP contribution in [0.4, 0.5) is 0 Å². The Labute approximate surface area is 309 Å². The molecule has 2 unspecified atom stereocenters. The predicted molar refractivity (Wildman–Crippen MR) is 202 cm³/mol. The summed E-state index contributed by atoms with van der Waals surface area (Å²) in [5.74, 6) is -1.96. The van der Waals surface area contributed by atoms with Crippen LogP contribution in [0.15, 0.2) is 0 Å². The molecule has 0 amide bonds. The molecule has 13 heteroatoms. The summed E-state index contributed by atoms with van der Waals surface area (Å²) in [5, 5.41) is 17.6. The number of aliphatic carboxylic acids is 1. The summed E-state index contributed by atoms with van der Waals surface area (Å²) in [7, 11) is -4.60. The highest BCUT2D eigenvalue weighted by atomic mass is 31.2. The van der Waals surface area contributed by atoms with Crippen LogP contribution in [-0.4, -0.2) is 69.9 Å². The third-order valence-corrected chi connectivity index (χ3v) is 9.13. The van der Waals surface area contributed by atoms with Gasteiger partial charge in [0.1, 0.15) is 12.6 Å². The van der Waals surface area contributed by atoms with Gasteiger partial charge >= 0.3 is 25.7 Å². The number of rotatable bonds is 36. The predicted octanol–water partition coefficient (Wildman–Crippen LogP) is 8.90. The Balaban J connectivity index is 0. The normalized spacial score (nSPS) is 12.5. The van der Waals surface area contributed by atoms with Gasteiger partial charge in [-0.3, -0.25) is 18.9 Å². The molecule has 0 fully saturated rings. The van der Waals surface area contributed by atoms with Crippen molar-refractivity contribution in [2.45, 2.75) is 206 Å². The first-order valence-electron chi connectivity index (χ1n) is 20.1. The van der Waals surface area contributed by atoms with Crippen molar-refractivity contribution in [2.75, 3.05) is 19.8 Å². The second-order valence-electron chi connectivity index (χ2n) is 13.7. The van der Waals surface area contributed by atoms with Crippen LogP contribution in [0.3, 0.4) is 0 Å². The summed E-state index contributed by atoms with van der Waals surface area (Å²) in [6.07, 6.45) is 32.9. The summed E-state index contributed by atoms with van der Waals surface area (Å²) in [6, 6.07) is -1.41. The molecular weight excluding hydrogens is 677 g/mol. The van der Waals surface area contributed by atoms with Gasteiger partial charge in [0.2, 0.25) is 0 Å². The zero-order chi connectivity index (χ0) is 38.4. The fourth-order valence-electron chi connectivity index (χ4n) is 5.45. The van der Waals surface area contributed by atoms with E-state index in [1.54, 1.807) is 0 Å². The van der Waals surface area contributed by atoms with E-state index in [0.29, 0.717) is 12.8 Å². The standard InChI is InChI=1S/C35H68O5.C3H8NO6P/c1-3-5-7-9-11-13-15-17-19-21-23-25-27-29-34(37)39-32-33(31-36)40-35(38)30-28-26-24-22-20-18-16-14-12-10-8-6-4-2;4-2(3(5)6)1-10-11(7,8)9/h33,36H,3-32H2,1-2H3;2H,1,4H2,(H,5,6)(H2,7,8,9). The van der Waals surface area contributed by atoms with Crippen LogP contribution in [0.2, 0.25) is 0 Å². The van der Waals surface area contributed by atoms with Gasteiger partial charge in [0.05, 0.1) is 13.2 Å². The molecule has 6 N–H and O–H groups in total. The SMILES string of the molecule is CCCCCCCCCCCCCCCC(=O)OCC(CO)OC(=O)CCCCCCCCCCCCCCC.NC(COP(=O)(O)O)C(=O)O. The van der Waals surface area contributed by atoms with Gasteiger partial charge in [-0.25, -0.2) is 4.57 Å². The number of aliphatic hydroxyl groups is 1. The maximum atomic E-state index is 12.1. The maximum Gasteiger partial charge on any atom is 0.469 e. The molecule has 0 aromatic carbocycles. The molecule has 0 aromatic heterocycles. The van der Waals surface area contributed by atoms with E-state index in [4.69, 9.17) is 30.1 Å². The van der Waals surface area contributed by atoms with Crippen LogP contribution in [-0.2, 0) is 32.9 Å². The fourth-order valence-corrected chi connectivity index (χ4v) is 5.80. The Hall–Kier alpha value is -1.56. The summed E-state index contributed by atoms with van der Waals surface area (Å²) in [4.78, 5) is 50.2. The lowest BCUT2D eigenvalue weighted by atomic mass is 10.0. The molecule has 0 aliphatic carbocycles. The lowest BCUT2D eigenvalue weighted by Gasteiger charge is -2.15. The van der Waals surface area contributed by atoms with Crippen LogP contribution >= 0.6 is 7.82 Å². The number of aliphatic hydroxyl groups excluding tert-OH is 1. The van der Waals surface area contributed by atoms with E-state index in [0.717, 1.165) is 32.1 Å². The zero-order valence-electron chi connectivity index (χ0n) is 32.2. The van der Waals surface area contributed by atoms with Gasteiger partial charge in [-0.1, -0.05) is 168 Å². The number of nitrogens with two attached hydrogens (primary N) is 1. The van der Waals surface area contributed by atoms with Crippen molar-refractivity contribution < 1.29 is 52.9 Å². The van der Waals surface area contributed by atoms with Gasteiger partial charge < -0.3 is 35.2 Å². The number of carboxylic acids is 1. The van der Waals surface area contributed by atoms with Gasteiger partial charge in [0.25, 0.3) is 0 Å². The van der Waals surface area contributed by atoms with Gasteiger partial charge in [-0.2, -0.15) is 0 Å². The van der Waals surface area contributed by atoms with E-state index >= 15 is 0 Å². The Morgan fingerprint density at radius 2 is 0.902 bits per heavy atom. The molecule has 51 heavy (non-hydrogen) atoms. The Bertz CT molecular complexity index is 856. The highest BCUT2D eigenvalue weighted by molar-refractivity contribution is 7.46. The third kappa shape index (κ3) is 42.7. The van der Waals surface area contributed by atoms with E-state index in [1.807, 2.05) is 0 Å². The molecule has 304 valence electrons. The van der Waals surface area contributed by atoms with E-state index < -0.39 is 32.5 Å². The number of hydrogen-bond donors (Lipinski definition) is 5. The molecule has 0 aliphatic heterocycles. The van der Waals surface area contributed by atoms with Gasteiger partial charge in [0, 0.05) is 12.8 Å². The molecule has 2 atom stereocenters. The first kappa shape index (κ1) is 51.5. The highest BCUT2D eigenvalue weighted by Crippen LogP contribution is 2.35. The average molecular weight is 754 g/mol. The maximum absolute atomic E-state index is 12.1. The van der Waals surface area contributed by atoms with Gasteiger partial charge in [0.15, 0.2) is 6.10 Å². The van der Waals surface area contributed by atoms with E-state index in [2.05, 4.69) is 18.4 Å². The first-order chi connectivity index (χ1) is 24.5. The fraction of sp³-hybridized carbons (Fsp3) is 0.921. The number of carbonyl (C=O) groups excluding carboxylic acids is 2. The molecule has 0 rings (SSSR count). The zero-order valence-corrected chi connectivity index (χ0v) is 33.1. The molecule has 12 nitrogen and oxygen atoms in total. The number of hydrogen-bond acceptors (Lipinski definition) is 9. The number of phosphoric ester groups is 1. The molecular formula is C38H76NO11P. The number of carbonyl (C=O) groups is 3. The molecule has 0 saturated carbocycles. The number of ether oxygens (including phenoxy) is 2. The molecule has 0 bridgehead atoms. The topological polar surface area (TPSA) is 203 Å². The van der Waals surface area contributed by atoms with Crippen molar-refractivity contribution in [3.8, 4) is 0 Å². The monoisotopic (exact) mass is 754 g/mol. The largest absolute Gasteiger partial charge is 0.480 e. The number of carboxylic acid groups (broad SMARTS) is 1. The van der Waals surface area contributed by atoms with Crippen LogP contribution in [0.1, 0.15) is 194 Å². The second-order valence-corrected chi connectivity index (χ2v) is 14.9. The number of esters is 2. The van der Waals surface area contributed by atoms with E-state index in [9.17, 15) is 24.1 Å². The van der Waals surface area contributed by atoms with Crippen molar-refractivity contribution in [1.29, 1.82) is 0 Å². The Morgan fingerprint density at radius 1 is 0.569 bits per heavy atom. The average Bonchev–Trinajstić information content (AvgIpc) is 3.09. The van der Waals surface area contributed by atoms with Crippen LogP contribution < -0.4 is 5.73 Å². The molecule has 0 heterocycles. The molecule has 0 spiro atoms. The number of unbranched alkanes of at least 4 members (excludes halogenated alkanes) is 24. The summed E-state index contributed by atoms with van der Waals surface area (Å²) >= 11 is 0. The third-order valence-electron chi connectivity index (χ3n) is 8.64. The van der Waals surface area contributed by atoms with Gasteiger partial charge in [-0.15, -0.1) is 0 Å². The van der Waals surface area contributed by atoms with Crippen molar-refractivity contribution in [1.82, 2.24) is 0 Å².